The summed E-state index contributed by atoms with van der Waals surface area (Å²) in [6, 6.07) is 6.39. The Morgan fingerprint density at radius 1 is 1.16 bits per heavy atom. The van der Waals surface area contributed by atoms with Crippen molar-refractivity contribution >= 4 is 5.95 Å². The van der Waals surface area contributed by atoms with Gasteiger partial charge in [0.25, 0.3) is 0 Å². The summed E-state index contributed by atoms with van der Waals surface area (Å²) >= 11 is 0. The Morgan fingerprint density at radius 2 is 2.00 bits per heavy atom. The molecule has 132 valence electrons. The molecule has 2 fully saturated rings. The molecular formula is C19H25N5O. The smallest absolute Gasteiger partial charge is 0.222 e. The number of anilines is 1. The van der Waals surface area contributed by atoms with Gasteiger partial charge < -0.3 is 10.1 Å². The fourth-order valence-corrected chi connectivity index (χ4v) is 3.92. The van der Waals surface area contributed by atoms with Crippen molar-refractivity contribution in [1.29, 1.82) is 0 Å². The number of hydrogen-bond acceptors (Lipinski definition) is 6. The highest BCUT2D eigenvalue weighted by molar-refractivity contribution is 5.25. The van der Waals surface area contributed by atoms with Crippen LogP contribution >= 0.6 is 0 Å². The van der Waals surface area contributed by atoms with Crippen LogP contribution in [0.15, 0.2) is 43.0 Å². The van der Waals surface area contributed by atoms with Gasteiger partial charge in [-0.15, -0.1) is 0 Å². The number of nitrogens with one attached hydrogen (secondary N) is 1. The van der Waals surface area contributed by atoms with E-state index in [9.17, 15) is 0 Å². The summed E-state index contributed by atoms with van der Waals surface area (Å²) < 4.78 is 6.25. The first-order chi connectivity index (χ1) is 12.3. The largest absolute Gasteiger partial charge is 0.375 e. The number of piperidine rings is 1. The molecule has 1 atom stereocenters. The molecular weight excluding hydrogens is 314 g/mol. The molecule has 4 rings (SSSR count). The average Bonchev–Trinajstić information content (AvgIpc) is 2.66. The van der Waals surface area contributed by atoms with E-state index in [0.29, 0.717) is 6.04 Å². The molecule has 0 amide bonds. The molecule has 1 spiro atoms. The van der Waals surface area contributed by atoms with Crippen molar-refractivity contribution in [3.05, 3.63) is 48.5 Å². The minimum Gasteiger partial charge on any atom is -0.375 e. The van der Waals surface area contributed by atoms with Gasteiger partial charge in [0.2, 0.25) is 5.95 Å². The van der Waals surface area contributed by atoms with Crippen LogP contribution in [0.5, 0.6) is 0 Å². The molecule has 0 aliphatic carbocycles. The van der Waals surface area contributed by atoms with Gasteiger partial charge in [0, 0.05) is 57.1 Å². The maximum atomic E-state index is 6.25. The quantitative estimate of drug-likeness (QED) is 0.923. The van der Waals surface area contributed by atoms with Gasteiger partial charge in [-0.25, -0.2) is 9.97 Å². The Kier molecular flexibility index (Phi) is 4.90. The Labute approximate surface area is 148 Å². The average molecular weight is 339 g/mol. The van der Waals surface area contributed by atoms with E-state index in [0.717, 1.165) is 57.9 Å². The lowest BCUT2D eigenvalue weighted by molar-refractivity contribution is -0.115. The summed E-state index contributed by atoms with van der Waals surface area (Å²) in [5.41, 5.74) is 1.29. The van der Waals surface area contributed by atoms with Gasteiger partial charge >= 0.3 is 0 Å². The topological polar surface area (TPSA) is 63.2 Å². The van der Waals surface area contributed by atoms with Crippen LogP contribution in [0.1, 0.15) is 31.2 Å². The van der Waals surface area contributed by atoms with Gasteiger partial charge in [0.1, 0.15) is 0 Å². The zero-order valence-corrected chi connectivity index (χ0v) is 14.5. The second-order valence-corrected chi connectivity index (χ2v) is 7.08. The summed E-state index contributed by atoms with van der Waals surface area (Å²) in [6.45, 7) is 3.93. The van der Waals surface area contributed by atoms with E-state index in [-0.39, 0.29) is 5.60 Å². The first kappa shape index (κ1) is 16.4. The van der Waals surface area contributed by atoms with E-state index >= 15 is 0 Å². The molecule has 2 aromatic rings. The van der Waals surface area contributed by atoms with Gasteiger partial charge in [0.05, 0.1) is 5.60 Å². The molecule has 4 heterocycles. The SMILES string of the molecule is c1cnc(NC2CCOC3(CCN(Cc4cccnc4)CC3)C2)nc1. The fourth-order valence-electron chi connectivity index (χ4n) is 3.92. The van der Waals surface area contributed by atoms with Crippen LogP contribution < -0.4 is 5.32 Å². The van der Waals surface area contributed by atoms with Crippen LogP contribution in [-0.4, -0.2) is 51.2 Å². The van der Waals surface area contributed by atoms with E-state index in [4.69, 9.17) is 4.74 Å². The molecule has 2 aliphatic rings. The third-order valence-corrected chi connectivity index (χ3v) is 5.29. The van der Waals surface area contributed by atoms with Crippen LogP contribution in [-0.2, 0) is 11.3 Å². The predicted molar refractivity (Wildman–Crippen MR) is 96.1 cm³/mol. The molecule has 1 N–H and O–H groups in total. The van der Waals surface area contributed by atoms with E-state index in [1.807, 2.05) is 24.5 Å². The Bertz CT molecular complexity index is 658. The minimum absolute atomic E-state index is 0.0101. The summed E-state index contributed by atoms with van der Waals surface area (Å²) in [7, 11) is 0. The molecule has 25 heavy (non-hydrogen) atoms. The van der Waals surface area contributed by atoms with Crippen LogP contribution in [0.2, 0.25) is 0 Å². The molecule has 0 saturated carbocycles. The second kappa shape index (κ2) is 7.45. The highest BCUT2D eigenvalue weighted by atomic mass is 16.5. The summed E-state index contributed by atoms with van der Waals surface area (Å²) in [5.74, 6) is 0.721. The monoisotopic (exact) mass is 339 g/mol. The van der Waals surface area contributed by atoms with Crippen molar-refractivity contribution in [1.82, 2.24) is 19.9 Å². The molecule has 0 bridgehead atoms. The van der Waals surface area contributed by atoms with Gasteiger partial charge in [0.15, 0.2) is 0 Å². The molecule has 1 unspecified atom stereocenters. The molecule has 2 aromatic heterocycles. The van der Waals surface area contributed by atoms with Crippen LogP contribution in [0.25, 0.3) is 0 Å². The lowest BCUT2D eigenvalue weighted by Gasteiger charge is -2.46. The normalized spacial score (nSPS) is 23.4. The highest BCUT2D eigenvalue weighted by Crippen LogP contribution is 2.36. The number of hydrogen-bond donors (Lipinski definition) is 1. The number of nitrogens with zero attached hydrogens (tertiary/aromatic N) is 4. The van der Waals surface area contributed by atoms with Crippen molar-refractivity contribution in [2.24, 2.45) is 0 Å². The van der Waals surface area contributed by atoms with Gasteiger partial charge in [-0.3, -0.25) is 9.88 Å². The van der Waals surface area contributed by atoms with Crippen LogP contribution in [0.3, 0.4) is 0 Å². The number of pyridine rings is 1. The Hall–Kier alpha value is -2.05. The van der Waals surface area contributed by atoms with Crippen molar-refractivity contribution < 1.29 is 4.74 Å². The molecule has 0 radical (unpaired) electrons. The maximum absolute atomic E-state index is 6.25. The van der Waals surface area contributed by atoms with Crippen molar-refractivity contribution in [2.45, 2.75) is 43.9 Å². The first-order valence-corrected chi connectivity index (χ1v) is 9.10. The standard InChI is InChI=1S/C19H25N5O/c1-3-16(14-20-7-1)15-24-10-5-19(6-11-24)13-17(4-12-25-19)23-18-21-8-2-9-22-18/h1-3,7-9,14,17H,4-6,10-13,15H2,(H,21,22,23). The predicted octanol–water partition coefficient (Wildman–Crippen LogP) is 2.50. The molecule has 2 saturated heterocycles. The van der Waals surface area contributed by atoms with Crippen LogP contribution in [0, 0.1) is 0 Å². The van der Waals surface area contributed by atoms with Gasteiger partial charge in [-0.05, 0) is 43.4 Å². The fraction of sp³-hybridized carbons (Fsp3) is 0.526. The first-order valence-electron chi connectivity index (χ1n) is 9.10. The minimum atomic E-state index is 0.0101. The van der Waals surface area contributed by atoms with Crippen molar-refractivity contribution in [3.8, 4) is 0 Å². The summed E-state index contributed by atoms with van der Waals surface area (Å²) in [6.07, 6.45) is 11.6. The molecule has 2 aliphatic heterocycles. The summed E-state index contributed by atoms with van der Waals surface area (Å²) in [4.78, 5) is 15.3. The lowest BCUT2D eigenvalue weighted by atomic mass is 9.82. The molecule has 6 heteroatoms. The molecule has 0 aromatic carbocycles. The zero-order chi connectivity index (χ0) is 17.0. The molecule has 6 nitrogen and oxygen atoms in total. The third-order valence-electron chi connectivity index (χ3n) is 5.29. The van der Waals surface area contributed by atoms with E-state index in [1.165, 1.54) is 5.56 Å². The highest BCUT2D eigenvalue weighted by Gasteiger charge is 2.40. The maximum Gasteiger partial charge on any atom is 0.222 e. The van der Waals surface area contributed by atoms with Gasteiger partial charge in [-0.1, -0.05) is 6.07 Å². The van der Waals surface area contributed by atoms with E-state index in [2.05, 4.69) is 31.2 Å². The van der Waals surface area contributed by atoms with Crippen LogP contribution in [0.4, 0.5) is 5.95 Å². The number of aromatic nitrogens is 3. The number of likely N-dealkylation sites (tertiary alicyclic amines) is 1. The Balaban J connectivity index is 1.32. The van der Waals surface area contributed by atoms with E-state index in [1.54, 1.807) is 12.4 Å². The van der Waals surface area contributed by atoms with Gasteiger partial charge in [-0.2, -0.15) is 0 Å². The zero-order valence-electron chi connectivity index (χ0n) is 14.5. The van der Waals surface area contributed by atoms with Crippen molar-refractivity contribution in [2.75, 3.05) is 25.0 Å². The van der Waals surface area contributed by atoms with E-state index < -0.39 is 0 Å². The third kappa shape index (κ3) is 4.14. The Morgan fingerprint density at radius 3 is 2.76 bits per heavy atom. The lowest BCUT2D eigenvalue weighted by Crippen LogP contribution is -2.51. The second-order valence-electron chi connectivity index (χ2n) is 7.08. The van der Waals surface area contributed by atoms with Crippen molar-refractivity contribution in [3.63, 3.8) is 0 Å². The summed E-state index contributed by atoms with van der Waals surface area (Å²) in [5, 5.41) is 3.48. The number of ether oxygens (including phenoxy) is 1. The number of rotatable bonds is 4.